The quantitative estimate of drug-likeness (QED) is 0.645. The number of likely N-dealkylation sites (tertiary alicyclic amines) is 1. The minimum Gasteiger partial charge on any atom is -0.380 e. The van der Waals surface area contributed by atoms with E-state index in [1.54, 1.807) is 0 Å². The molecule has 0 aliphatic carbocycles. The third-order valence-electron chi connectivity index (χ3n) is 2.93. The van der Waals surface area contributed by atoms with Crippen LogP contribution in [0.1, 0.15) is 12.8 Å². The average molecular weight is 187 g/mol. The zero-order valence-electron chi connectivity index (χ0n) is 7.66. The first-order valence-electron chi connectivity index (χ1n) is 4.74. The maximum atomic E-state index is 5.35. The summed E-state index contributed by atoms with van der Waals surface area (Å²) in [5, 5.41) is 0. The van der Waals surface area contributed by atoms with Crippen molar-refractivity contribution >= 4 is 11.8 Å². The van der Waals surface area contributed by atoms with Gasteiger partial charge >= 0.3 is 0 Å². The van der Waals surface area contributed by atoms with Crippen LogP contribution < -0.4 is 0 Å². The summed E-state index contributed by atoms with van der Waals surface area (Å²) in [7, 11) is 1.83. The van der Waals surface area contributed by atoms with Crippen molar-refractivity contribution in [2.45, 2.75) is 25.0 Å². The van der Waals surface area contributed by atoms with Gasteiger partial charge in [0.15, 0.2) is 0 Å². The molecule has 0 aromatic heterocycles. The Kier molecular flexibility index (Phi) is 2.94. The van der Waals surface area contributed by atoms with Gasteiger partial charge in [-0.3, -0.25) is 4.90 Å². The fraction of sp³-hybridized carbons (Fsp3) is 1.00. The minimum atomic E-state index is 0.510. The predicted molar refractivity (Wildman–Crippen MR) is 52.7 cm³/mol. The van der Waals surface area contributed by atoms with E-state index in [1.807, 2.05) is 7.11 Å². The number of hydrogen-bond donors (Lipinski definition) is 0. The maximum absolute atomic E-state index is 5.35. The summed E-state index contributed by atoms with van der Waals surface area (Å²) < 4.78 is 5.35. The van der Waals surface area contributed by atoms with Crippen LogP contribution in [0.25, 0.3) is 0 Å². The number of thioether (sulfide) groups is 1. The number of hydrogen-bond acceptors (Lipinski definition) is 3. The Bertz CT molecular complexity index is 147. The number of rotatable bonds is 2. The van der Waals surface area contributed by atoms with Gasteiger partial charge in [-0.2, -0.15) is 11.8 Å². The summed E-state index contributed by atoms with van der Waals surface area (Å²) in [6.45, 7) is 2.42. The van der Waals surface area contributed by atoms with Crippen molar-refractivity contribution in [1.29, 1.82) is 0 Å². The van der Waals surface area contributed by atoms with E-state index in [0.29, 0.717) is 6.10 Å². The molecule has 3 heteroatoms. The molecule has 0 radical (unpaired) electrons. The van der Waals surface area contributed by atoms with E-state index in [0.717, 1.165) is 6.04 Å². The second-order valence-corrected chi connectivity index (χ2v) is 4.81. The van der Waals surface area contributed by atoms with Crippen LogP contribution in [-0.4, -0.2) is 48.8 Å². The average Bonchev–Trinajstić information content (AvgIpc) is 2.75. The van der Waals surface area contributed by atoms with Crippen molar-refractivity contribution in [3.05, 3.63) is 0 Å². The van der Waals surface area contributed by atoms with Crippen molar-refractivity contribution in [2.24, 2.45) is 0 Å². The fourth-order valence-corrected chi connectivity index (χ4v) is 3.34. The summed E-state index contributed by atoms with van der Waals surface area (Å²) in [6, 6.07) is 0.857. The Morgan fingerprint density at radius 3 is 2.92 bits per heavy atom. The highest BCUT2D eigenvalue weighted by Gasteiger charge is 2.29. The molecular weight excluding hydrogens is 170 g/mol. The lowest BCUT2D eigenvalue weighted by Crippen LogP contribution is -2.34. The molecule has 2 saturated heterocycles. The normalized spacial score (nSPS) is 37.8. The van der Waals surface area contributed by atoms with Crippen LogP contribution in [0.3, 0.4) is 0 Å². The number of ether oxygens (including phenoxy) is 1. The summed E-state index contributed by atoms with van der Waals surface area (Å²) in [5.74, 6) is 2.70. The Morgan fingerprint density at radius 2 is 2.33 bits per heavy atom. The number of nitrogens with zero attached hydrogens (tertiary/aromatic N) is 1. The zero-order chi connectivity index (χ0) is 8.39. The van der Waals surface area contributed by atoms with Crippen LogP contribution in [0, 0.1) is 0 Å². The van der Waals surface area contributed by atoms with Gasteiger partial charge in [-0.15, -0.1) is 0 Å². The SMILES string of the molecule is CO[C@H]1CCN(C2CCSC2)C1. The molecule has 0 bridgehead atoms. The van der Waals surface area contributed by atoms with Gasteiger partial charge in [-0.05, 0) is 18.6 Å². The third-order valence-corrected chi connectivity index (χ3v) is 4.08. The maximum Gasteiger partial charge on any atom is 0.0710 e. The van der Waals surface area contributed by atoms with Crippen LogP contribution in [0.2, 0.25) is 0 Å². The molecule has 0 aromatic carbocycles. The molecule has 0 aromatic rings. The molecule has 2 fully saturated rings. The first-order valence-corrected chi connectivity index (χ1v) is 5.90. The second kappa shape index (κ2) is 3.99. The molecular formula is C9H17NOS. The van der Waals surface area contributed by atoms with E-state index >= 15 is 0 Å². The van der Waals surface area contributed by atoms with Crippen molar-refractivity contribution in [3.63, 3.8) is 0 Å². The summed E-state index contributed by atoms with van der Waals surface area (Å²) in [5.41, 5.74) is 0. The molecule has 2 nitrogen and oxygen atoms in total. The van der Waals surface area contributed by atoms with Gasteiger partial charge in [0.2, 0.25) is 0 Å². The Labute approximate surface area is 78.6 Å². The van der Waals surface area contributed by atoms with Crippen molar-refractivity contribution in [3.8, 4) is 0 Å². The van der Waals surface area contributed by atoms with Crippen LogP contribution in [-0.2, 0) is 4.74 Å². The van der Waals surface area contributed by atoms with E-state index in [2.05, 4.69) is 16.7 Å². The number of methoxy groups -OCH3 is 1. The van der Waals surface area contributed by atoms with Gasteiger partial charge in [-0.25, -0.2) is 0 Å². The van der Waals surface area contributed by atoms with Gasteiger partial charge < -0.3 is 4.74 Å². The lowest BCUT2D eigenvalue weighted by molar-refractivity contribution is 0.103. The topological polar surface area (TPSA) is 12.5 Å². The van der Waals surface area contributed by atoms with E-state index in [9.17, 15) is 0 Å². The van der Waals surface area contributed by atoms with E-state index in [4.69, 9.17) is 4.74 Å². The van der Waals surface area contributed by atoms with Crippen molar-refractivity contribution in [1.82, 2.24) is 4.90 Å². The van der Waals surface area contributed by atoms with Gasteiger partial charge in [0.25, 0.3) is 0 Å². The molecule has 0 spiro atoms. The summed E-state index contributed by atoms with van der Waals surface area (Å²) in [4.78, 5) is 2.61. The van der Waals surface area contributed by atoms with Gasteiger partial charge in [0, 0.05) is 32.0 Å². The summed E-state index contributed by atoms with van der Waals surface area (Å²) >= 11 is 2.10. The molecule has 0 amide bonds. The fourth-order valence-electron chi connectivity index (χ4n) is 2.09. The Hall–Kier alpha value is 0.270. The minimum absolute atomic E-state index is 0.510. The zero-order valence-corrected chi connectivity index (χ0v) is 8.48. The van der Waals surface area contributed by atoms with E-state index in [1.165, 1.54) is 37.4 Å². The standard InChI is InChI=1S/C9H17NOS/c1-11-9-2-4-10(6-9)8-3-5-12-7-8/h8-9H,2-7H2,1H3/t8?,9-/m0/s1. The van der Waals surface area contributed by atoms with Crippen molar-refractivity contribution < 1.29 is 4.74 Å². The highest BCUT2D eigenvalue weighted by Crippen LogP contribution is 2.25. The highest BCUT2D eigenvalue weighted by atomic mass is 32.2. The molecule has 12 heavy (non-hydrogen) atoms. The second-order valence-electron chi connectivity index (χ2n) is 3.66. The largest absolute Gasteiger partial charge is 0.380 e. The van der Waals surface area contributed by atoms with E-state index in [-0.39, 0.29) is 0 Å². The molecule has 1 unspecified atom stereocenters. The Balaban J connectivity index is 1.81. The van der Waals surface area contributed by atoms with Crippen LogP contribution in [0.4, 0.5) is 0 Å². The van der Waals surface area contributed by atoms with Crippen molar-refractivity contribution in [2.75, 3.05) is 31.7 Å². The van der Waals surface area contributed by atoms with Gasteiger partial charge in [-0.1, -0.05) is 0 Å². The molecule has 0 saturated carbocycles. The molecule has 2 aliphatic heterocycles. The lowest BCUT2D eigenvalue weighted by Gasteiger charge is -2.22. The molecule has 2 aliphatic rings. The monoisotopic (exact) mass is 187 g/mol. The van der Waals surface area contributed by atoms with E-state index < -0.39 is 0 Å². The molecule has 0 N–H and O–H groups in total. The van der Waals surface area contributed by atoms with Crippen LogP contribution >= 0.6 is 11.8 Å². The molecule has 2 rings (SSSR count). The Morgan fingerprint density at radius 1 is 1.42 bits per heavy atom. The van der Waals surface area contributed by atoms with Crippen LogP contribution in [0.15, 0.2) is 0 Å². The first-order chi connectivity index (χ1) is 5.90. The van der Waals surface area contributed by atoms with Gasteiger partial charge in [0.05, 0.1) is 6.10 Å². The smallest absolute Gasteiger partial charge is 0.0710 e. The first kappa shape index (κ1) is 8.85. The molecule has 2 heterocycles. The highest BCUT2D eigenvalue weighted by molar-refractivity contribution is 7.99. The summed E-state index contributed by atoms with van der Waals surface area (Å²) in [6.07, 6.45) is 3.13. The molecule has 2 atom stereocenters. The van der Waals surface area contributed by atoms with Crippen LogP contribution in [0.5, 0.6) is 0 Å². The predicted octanol–water partition coefficient (Wildman–Crippen LogP) is 1.21. The lowest BCUT2D eigenvalue weighted by atomic mass is 10.2. The molecule has 70 valence electrons. The van der Waals surface area contributed by atoms with Gasteiger partial charge in [0.1, 0.15) is 0 Å². The third kappa shape index (κ3) is 1.78.